The monoisotopic (exact) mass is 270 g/mol. The van der Waals surface area contributed by atoms with E-state index in [9.17, 15) is 0 Å². The van der Waals surface area contributed by atoms with Crippen molar-refractivity contribution < 1.29 is 0 Å². The number of rotatable bonds is 3. The van der Waals surface area contributed by atoms with E-state index >= 15 is 0 Å². The lowest BCUT2D eigenvalue weighted by Gasteiger charge is -2.36. The summed E-state index contributed by atoms with van der Waals surface area (Å²) in [5.74, 6) is 1.33. The smallest absolute Gasteiger partial charge is 0.232 e. The number of likely N-dealkylation sites (tertiary alicyclic amines) is 1. The van der Waals surface area contributed by atoms with Gasteiger partial charge in [0.25, 0.3) is 0 Å². The highest BCUT2D eigenvalue weighted by Crippen LogP contribution is 2.25. The van der Waals surface area contributed by atoms with Crippen molar-refractivity contribution in [2.45, 2.75) is 18.9 Å². The fourth-order valence-corrected chi connectivity index (χ4v) is 2.60. The zero-order valence-electron chi connectivity index (χ0n) is 11.6. The van der Waals surface area contributed by atoms with Crippen LogP contribution < -0.4 is 4.90 Å². The van der Waals surface area contributed by atoms with Gasteiger partial charge in [-0.05, 0) is 38.6 Å². The van der Waals surface area contributed by atoms with E-state index in [4.69, 9.17) is 0 Å². The van der Waals surface area contributed by atoms with Crippen LogP contribution in [-0.4, -0.2) is 51.0 Å². The van der Waals surface area contributed by atoms with Gasteiger partial charge in [0.1, 0.15) is 0 Å². The molecule has 0 amide bonds. The molecule has 0 N–H and O–H groups in total. The quantitative estimate of drug-likeness (QED) is 0.842. The molecule has 0 saturated carbocycles. The van der Waals surface area contributed by atoms with E-state index in [0.29, 0.717) is 17.9 Å². The summed E-state index contributed by atoms with van der Waals surface area (Å²) in [5, 5.41) is 0. The van der Waals surface area contributed by atoms with Crippen LogP contribution in [0.2, 0.25) is 0 Å². The van der Waals surface area contributed by atoms with Gasteiger partial charge in [-0.15, -0.1) is 0 Å². The molecule has 3 heterocycles. The Morgan fingerprint density at radius 3 is 2.05 bits per heavy atom. The molecule has 104 valence electrons. The molecule has 0 bridgehead atoms. The lowest BCUT2D eigenvalue weighted by atomic mass is 10.1. The zero-order valence-corrected chi connectivity index (χ0v) is 11.6. The van der Waals surface area contributed by atoms with Gasteiger partial charge < -0.3 is 4.90 Å². The molecule has 0 radical (unpaired) electrons. The summed E-state index contributed by atoms with van der Waals surface area (Å²) in [6.07, 6.45) is 9.28. The second kappa shape index (κ2) is 5.92. The first-order valence-electron chi connectivity index (χ1n) is 6.86. The lowest BCUT2D eigenvalue weighted by Crippen LogP contribution is -2.45. The molecule has 2 aromatic heterocycles. The largest absolute Gasteiger partial charge is 0.304 e. The van der Waals surface area contributed by atoms with Gasteiger partial charge in [0.05, 0.1) is 6.04 Å². The van der Waals surface area contributed by atoms with Crippen molar-refractivity contribution in [1.29, 1.82) is 0 Å². The van der Waals surface area contributed by atoms with E-state index in [0.717, 1.165) is 25.9 Å². The summed E-state index contributed by atoms with van der Waals surface area (Å²) < 4.78 is 0. The molecule has 6 heteroatoms. The van der Waals surface area contributed by atoms with Crippen molar-refractivity contribution in [3.63, 3.8) is 0 Å². The van der Waals surface area contributed by atoms with Gasteiger partial charge in [0, 0.05) is 31.3 Å². The number of nitrogens with zero attached hydrogens (tertiary/aromatic N) is 6. The highest BCUT2D eigenvalue weighted by molar-refractivity contribution is 5.48. The van der Waals surface area contributed by atoms with Crippen LogP contribution in [0.1, 0.15) is 12.8 Å². The SMILES string of the molecule is CN1CCC[C@@H](N(c2ncccn2)c2ncccn2)C1. The van der Waals surface area contributed by atoms with Crippen molar-refractivity contribution in [3.8, 4) is 0 Å². The fraction of sp³-hybridized carbons (Fsp3) is 0.429. The Labute approximate surface area is 118 Å². The maximum absolute atomic E-state index is 4.37. The highest BCUT2D eigenvalue weighted by atomic mass is 15.4. The van der Waals surface area contributed by atoms with Crippen LogP contribution in [0.25, 0.3) is 0 Å². The molecule has 1 atom stereocenters. The van der Waals surface area contributed by atoms with Crippen LogP contribution in [0, 0.1) is 0 Å². The van der Waals surface area contributed by atoms with Crippen molar-refractivity contribution in [2.24, 2.45) is 0 Å². The first-order valence-corrected chi connectivity index (χ1v) is 6.86. The predicted octanol–water partition coefficient (Wildman–Crippen LogP) is 1.50. The standard InChI is InChI=1S/C14H18N6/c1-19-10-2-5-12(11-19)20(13-15-6-3-7-16-13)14-17-8-4-9-18-14/h3-4,6-9,12H,2,5,10-11H2,1H3/t12-/m1/s1. The van der Waals surface area contributed by atoms with Crippen molar-refractivity contribution in [2.75, 3.05) is 25.0 Å². The molecule has 6 nitrogen and oxygen atoms in total. The number of piperidine rings is 1. The Kier molecular flexibility index (Phi) is 3.83. The van der Waals surface area contributed by atoms with Crippen LogP contribution >= 0.6 is 0 Å². The molecular weight excluding hydrogens is 252 g/mol. The maximum Gasteiger partial charge on any atom is 0.232 e. The van der Waals surface area contributed by atoms with Crippen molar-refractivity contribution in [3.05, 3.63) is 36.9 Å². The van der Waals surface area contributed by atoms with E-state index in [1.165, 1.54) is 0 Å². The molecule has 1 aliphatic rings. The third kappa shape index (κ3) is 2.75. The third-order valence-electron chi connectivity index (χ3n) is 3.50. The van der Waals surface area contributed by atoms with Gasteiger partial charge in [-0.1, -0.05) is 0 Å². The number of hydrogen-bond donors (Lipinski definition) is 0. The van der Waals surface area contributed by atoms with Gasteiger partial charge >= 0.3 is 0 Å². The summed E-state index contributed by atoms with van der Waals surface area (Å²) in [6.45, 7) is 2.10. The summed E-state index contributed by atoms with van der Waals surface area (Å²) >= 11 is 0. The topological polar surface area (TPSA) is 58.0 Å². The third-order valence-corrected chi connectivity index (χ3v) is 3.50. The fourth-order valence-electron chi connectivity index (χ4n) is 2.60. The van der Waals surface area contributed by atoms with Crippen molar-refractivity contribution in [1.82, 2.24) is 24.8 Å². The van der Waals surface area contributed by atoms with Crippen LogP contribution in [0.5, 0.6) is 0 Å². The first kappa shape index (κ1) is 12.9. The van der Waals surface area contributed by atoms with Gasteiger partial charge in [0.2, 0.25) is 11.9 Å². The van der Waals surface area contributed by atoms with Crippen LogP contribution in [0.15, 0.2) is 36.9 Å². The first-order chi connectivity index (χ1) is 9.84. The summed E-state index contributed by atoms with van der Waals surface area (Å²) in [6, 6.07) is 3.94. The average Bonchev–Trinajstić information content (AvgIpc) is 2.50. The van der Waals surface area contributed by atoms with Gasteiger partial charge in [-0.3, -0.25) is 4.90 Å². The molecule has 0 aromatic carbocycles. The Bertz CT molecular complexity index is 492. The molecule has 1 aliphatic heterocycles. The molecular formula is C14H18N6. The molecule has 20 heavy (non-hydrogen) atoms. The second-order valence-corrected chi connectivity index (χ2v) is 5.03. The Hall–Kier alpha value is -2.08. The molecule has 1 saturated heterocycles. The van der Waals surface area contributed by atoms with Crippen LogP contribution in [-0.2, 0) is 0 Å². The van der Waals surface area contributed by atoms with E-state index in [1.807, 2.05) is 12.1 Å². The minimum atomic E-state index is 0.304. The molecule has 0 aliphatic carbocycles. The zero-order chi connectivity index (χ0) is 13.8. The van der Waals surface area contributed by atoms with Gasteiger partial charge in [-0.25, -0.2) is 19.9 Å². The maximum atomic E-state index is 4.37. The molecule has 2 aromatic rings. The summed E-state index contributed by atoms with van der Waals surface area (Å²) in [4.78, 5) is 21.9. The van der Waals surface area contributed by atoms with Gasteiger partial charge in [0.15, 0.2) is 0 Å². The van der Waals surface area contributed by atoms with Crippen molar-refractivity contribution >= 4 is 11.9 Å². The van der Waals surface area contributed by atoms with Gasteiger partial charge in [-0.2, -0.15) is 0 Å². The molecule has 0 unspecified atom stereocenters. The minimum absolute atomic E-state index is 0.304. The van der Waals surface area contributed by atoms with E-state index in [2.05, 4.69) is 36.8 Å². The Morgan fingerprint density at radius 1 is 1.00 bits per heavy atom. The summed E-state index contributed by atoms with van der Waals surface area (Å²) in [5.41, 5.74) is 0. The lowest BCUT2D eigenvalue weighted by molar-refractivity contribution is 0.249. The number of anilines is 2. The van der Waals surface area contributed by atoms with Crippen LogP contribution in [0.4, 0.5) is 11.9 Å². The number of hydrogen-bond acceptors (Lipinski definition) is 6. The Morgan fingerprint density at radius 2 is 1.55 bits per heavy atom. The average molecular weight is 270 g/mol. The highest BCUT2D eigenvalue weighted by Gasteiger charge is 2.28. The molecule has 3 rings (SSSR count). The Balaban J connectivity index is 1.95. The number of aromatic nitrogens is 4. The van der Waals surface area contributed by atoms with E-state index in [-0.39, 0.29) is 0 Å². The number of likely N-dealkylation sites (N-methyl/N-ethyl adjacent to an activating group) is 1. The van der Waals surface area contributed by atoms with Crippen LogP contribution in [0.3, 0.4) is 0 Å². The van der Waals surface area contributed by atoms with E-state index in [1.54, 1.807) is 24.8 Å². The second-order valence-electron chi connectivity index (χ2n) is 5.03. The predicted molar refractivity (Wildman–Crippen MR) is 76.7 cm³/mol. The minimum Gasteiger partial charge on any atom is -0.304 e. The molecule has 0 spiro atoms. The van der Waals surface area contributed by atoms with E-state index < -0.39 is 0 Å². The summed E-state index contributed by atoms with van der Waals surface area (Å²) in [7, 11) is 2.14. The normalized spacial score (nSPS) is 19.8. The molecule has 1 fully saturated rings.